The molecule has 1 aliphatic rings. The average Bonchev–Trinajstić information content (AvgIpc) is 3.36. The molecule has 0 unspecified atom stereocenters. The van der Waals surface area contributed by atoms with Crippen LogP contribution in [-0.2, 0) is 13.1 Å². The van der Waals surface area contributed by atoms with Crippen LogP contribution in [-0.4, -0.2) is 32.6 Å². The van der Waals surface area contributed by atoms with E-state index in [0.717, 1.165) is 48.6 Å². The Hall–Kier alpha value is -2.19. The number of hydrogen-bond acceptors (Lipinski definition) is 6. The third-order valence-electron chi connectivity index (χ3n) is 5.89. The van der Waals surface area contributed by atoms with Crippen molar-refractivity contribution in [2.45, 2.75) is 32.9 Å². The fourth-order valence-corrected chi connectivity index (χ4v) is 5.57. The van der Waals surface area contributed by atoms with Gasteiger partial charge in [0.25, 0.3) is 0 Å². The van der Waals surface area contributed by atoms with Gasteiger partial charge in [0.05, 0.1) is 28.4 Å². The molecule has 9 heteroatoms. The first kappa shape index (κ1) is 21.6. The van der Waals surface area contributed by atoms with E-state index in [9.17, 15) is 0 Å². The Balaban J connectivity index is 1.56. The van der Waals surface area contributed by atoms with Crippen molar-refractivity contribution in [1.29, 1.82) is 0 Å². The smallest absolute Gasteiger partial charge is 0.225 e. The predicted octanol–water partition coefficient (Wildman–Crippen LogP) is 5.78. The van der Waals surface area contributed by atoms with Gasteiger partial charge in [-0.1, -0.05) is 29.3 Å². The Labute approximate surface area is 201 Å². The summed E-state index contributed by atoms with van der Waals surface area (Å²) in [6.45, 7) is 5.65. The second-order valence-electron chi connectivity index (χ2n) is 8.14. The Morgan fingerprint density at radius 2 is 2.06 bits per heavy atom. The van der Waals surface area contributed by atoms with E-state index in [1.54, 1.807) is 17.5 Å². The van der Waals surface area contributed by atoms with Crippen molar-refractivity contribution in [3.8, 4) is 11.4 Å². The highest BCUT2D eigenvalue weighted by Gasteiger charge is 2.23. The zero-order chi connectivity index (χ0) is 22.1. The lowest BCUT2D eigenvalue weighted by atomic mass is 9.99. The van der Waals surface area contributed by atoms with Crippen LogP contribution in [0.4, 0.5) is 5.95 Å². The van der Waals surface area contributed by atoms with Crippen molar-refractivity contribution in [2.75, 3.05) is 18.4 Å². The molecule has 1 atom stereocenters. The largest absolute Gasteiger partial charge is 0.349 e. The second-order valence-corrected chi connectivity index (χ2v) is 9.95. The molecular formula is C23H24Cl2N6S. The number of imidazole rings is 1. The first-order chi connectivity index (χ1) is 15.6. The van der Waals surface area contributed by atoms with Crippen LogP contribution in [0, 0.1) is 12.8 Å². The number of nitrogens with zero attached hydrogens (tertiary/aromatic N) is 4. The quantitative estimate of drug-likeness (QED) is 0.361. The molecule has 1 saturated heterocycles. The molecule has 0 spiro atoms. The van der Waals surface area contributed by atoms with Crippen LogP contribution in [0.5, 0.6) is 0 Å². The van der Waals surface area contributed by atoms with E-state index in [-0.39, 0.29) is 0 Å². The lowest BCUT2D eigenvalue weighted by molar-refractivity contribution is 0.341. The lowest BCUT2D eigenvalue weighted by Gasteiger charge is -2.24. The Kier molecular flexibility index (Phi) is 6.33. The number of benzene rings is 1. The normalized spacial score (nSPS) is 16.5. The van der Waals surface area contributed by atoms with Crippen LogP contribution in [0.25, 0.3) is 22.6 Å². The van der Waals surface area contributed by atoms with Crippen molar-refractivity contribution in [1.82, 2.24) is 24.8 Å². The highest BCUT2D eigenvalue weighted by atomic mass is 35.5. The number of piperidine rings is 1. The molecule has 3 aromatic heterocycles. The summed E-state index contributed by atoms with van der Waals surface area (Å²) in [5, 5.41) is 10.1. The molecule has 5 rings (SSSR count). The van der Waals surface area contributed by atoms with Gasteiger partial charge in [-0.3, -0.25) is 0 Å². The minimum atomic E-state index is 0.487. The lowest BCUT2D eigenvalue weighted by Crippen LogP contribution is -2.32. The SMILES string of the molecule is Cc1ccsc1CNc1ncc2nc(-c3c(Cl)cccc3Cl)n(C[C@@H]3CCCNC3)c2n1. The molecule has 1 aromatic carbocycles. The molecule has 6 nitrogen and oxygen atoms in total. The van der Waals surface area contributed by atoms with Crippen molar-refractivity contribution >= 4 is 51.7 Å². The number of halogens is 2. The van der Waals surface area contributed by atoms with Gasteiger partial charge < -0.3 is 15.2 Å². The van der Waals surface area contributed by atoms with Gasteiger partial charge in [-0.15, -0.1) is 11.3 Å². The van der Waals surface area contributed by atoms with E-state index in [2.05, 4.69) is 38.6 Å². The molecule has 0 aliphatic carbocycles. The van der Waals surface area contributed by atoms with Gasteiger partial charge in [-0.25, -0.2) is 9.97 Å². The summed E-state index contributed by atoms with van der Waals surface area (Å²) < 4.78 is 2.16. The maximum absolute atomic E-state index is 6.56. The summed E-state index contributed by atoms with van der Waals surface area (Å²) in [7, 11) is 0. The molecule has 1 aliphatic heterocycles. The average molecular weight is 487 g/mol. The number of rotatable bonds is 6. The summed E-state index contributed by atoms with van der Waals surface area (Å²) in [5.41, 5.74) is 3.54. The van der Waals surface area contributed by atoms with Gasteiger partial charge in [-0.2, -0.15) is 4.98 Å². The number of thiophene rings is 1. The summed E-state index contributed by atoms with van der Waals surface area (Å²) in [4.78, 5) is 15.5. The molecule has 0 bridgehead atoms. The number of hydrogen-bond donors (Lipinski definition) is 2. The second kappa shape index (κ2) is 9.35. The van der Waals surface area contributed by atoms with Gasteiger partial charge in [0, 0.05) is 11.4 Å². The highest BCUT2D eigenvalue weighted by Crippen LogP contribution is 2.36. The number of aromatic nitrogens is 4. The summed E-state index contributed by atoms with van der Waals surface area (Å²) >= 11 is 14.9. The third kappa shape index (κ3) is 4.35. The summed E-state index contributed by atoms with van der Waals surface area (Å²) in [6.07, 6.45) is 4.10. The maximum Gasteiger partial charge on any atom is 0.225 e. The van der Waals surface area contributed by atoms with E-state index in [1.807, 2.05) is 18.2 Å². The molecule has 0 radical (unpaired) electrons. The van der Waals surface area contributed by atoms with Gasteiger partial charge in [-0.05, 0) is 67.9 Å². The molecule has 1 fully saturated rings. The van der Waals surface area contributed by atoms with E-state index in [0.29, 0.717) is 28.5 Å². The zero-order valence-electron chi connectivity index (χ0n) is 17.7. The van der Waals surface area contributed by atoms with Crippen molar-refractivity contribution in [3.63, 3.8) is 0 Å². The first-order valence-corrected chi connectivity index (χ1v) is 12.4. The van der Waals surface area contributed by atoms with Crippen LogP contribution >= 0.6 is 34.5 Å². The van der Waals surface area contributed by atoms with Crippen LogP contribution in [0.2, 0.25) is 10.0 Å². The van der Waals surface area contributed by atoms with E-state index >= 15 is 0 Å². The number of aryl methyl sites for hydroxylation is 1. The van der Waals surface area contributed by atoms with Crippen molar-refractivity contribution in [3.05, 3.63) is 56.3 Å². The molecule has 2 N–H and O–H groups in total. The van der Waals surface area contributed by atoms with E-state index < -0.39 is 0 Å². The maximum atomic E-state index is 6.56. The van der Waals surface area contributed by atoms with Crippen LogP contribution in [0.15, 0.2) is 35.8 Å². The van der Waals surface area contributed by atoms with Gasteiger partial charge in [0.2, 0.25) is 5.95 Å². The third-order valence-corrected chi connectivity index (χ3v) is 7.54. The van der Waals surface area contributed by atoms with Gasteiger partial charge >= 0.3 is 0 Å². The highest BCUT2D eigenvalue weighted by molar-refractivity contribution is 7.10. The minimum Gasteiger partial charge on any atom is -0.349 e. The van der Waals surface area contributed by atoms with Crippen LogP contribution in [0.3, 0.4) is 0 Å². The first-order valence-electron chi connectivity index (χ1n) is 10.8. The minimum absolute atomic E-state index is 0.487. The van der Waals surface area contributed by atoms with Crippen molar-refractivity contribution in [2.24, 2.45) is 5.92 Å². The molecule has 4 heterocycles. The summed E-state index contributed by atoms with van der Waals surface area (Å²) in [6, 6.07) is 7.66. The Bertz CT molecular complexity index is 1220. The molecule has 0 amide bonds. The standard InChI is InChI=1S/C23H24Cl2N6S/c1-14-7-9-32-19(14)12-28-23-27-11-18-21(30-23)31(13-15-4-3-8-26-10-15)22(29-18)20-16(24)5-2-6-17(20)25/h2,5-7,9,11,15,26H,3-4,8,10,12-13H2,1H3,(H,27,28,30)/t15-/m1/s1. The molecule has 32 heavy (non-hydrogen) atoms. The van der Waals surface area contributed by atoms with E-state index in [4.69, 9.17) is 33.2 Å². The Morgan fingerprint density at radius 3 is 2.78 bits per heavy atom. The van der Waals surface area contributed by atoms with Crippen LogP contribution in [0.1, 0.15) is 23.3 Å². The molecule has 166 valence electrons. The Morgan fingerprint density at radius 1 is 1.22 bits per heavy atom. The fourth-order valence-electron chi connectivity index (χ4n) is 4.16. The van der Waals surface area contributed by atoms with Crippen LogP contribution < -0.4 is 10.6 Å². The predicted molar refractivity (Wildman–Crippen MR) is 133 cm³/mol. The number of nitrogens with one attached hydrogen (secondary N) is 2. The topological polar surface area (TPSA) is 67.7 Å². The monoisotopic (exact) mass is 486 g/mol. The molecule has 0 saturated carbocycles. The molecule has 4 aromatic rings. The van der Waals surface area contributed by atoms with Crippen molar-refractivity contribution < 1.29 is 0 Å². The van der Waals surface area contributed by atoms with E-state index in [1.165, 1.54) is 16.9 Å². The van der Waals surface area contributed by atoms with Gasteiger partial charge in [0.1, 0.15) is 11.3 Å². The zero-order valence-corrected chi connectivity index (χ0v) is 20.1. The fraction of sp³-hybridized carbons (Fsp3) is 0.348. The number of anilines is 1. The van der Waals surface area contributed by atoms with Gasteiger partial charge in [0.15, 0.2) is 5.65 Å². The molecular weight excluding hydrogens is 463 g/mol. The summed E-state index contributed by atoms with van der Waals surface area (Å²) in [5.74, 6) is 1.81. The number of fused-ring (bicyclic) bond motifs is 1.